The molecule has 1 aromatic heterocycles. The van der Waals surface area contributed by atoms with Crippen molar-refractivity contribution in [2.24, 2.45) is 5.92 Å². The monoisotopic (exact) mass is 258 g/mol. The third-order valence-corrected chi connectivity index (χ3v) is 2.84. The molecule has 4 heteroatoms. The molecule has 0 saturated heterocycles. The van der Waals surface area contributed by atoms with Crippen molar-refractivity contribution in [3.05, 3.63) is 35.7 Å². The second-order valence-corrected chi connectivity index (χ2v) is 5.14. The molecular weight excluding hydrogens is 240 g/mol. The minimum Gasteiger partial charge on any atom is -0.339 e. The molecule has 4 nitrogen and oxygen atoms in total. The van der Waals surface area contributed by atoms with Gasteiger partial charge in [0, 0.05) is 12.0 Å². The largest absolute Gasteiger partial charge is 0.339 e. The molecule has 0 radical (unpaired) electrons. The minimum absolute atomic E-state index is 0.134. The highest BCUT2D eigenvalue weighted by molar-refractivity contribution is 5.80. The zero-order valence-electron chi connectivity index (χ0n) is 11.5. The van der Waals surface area contributed by atoms with Gasteiger partial charge in [-0.3, -0.25) is 4.79 Å². The molecule has 0 aliphatic carbocycles. The Bertz CT molecular complexity index is 573. The summed E-state index contributed by atoms with van der Waals surface area (Å²) in [6.45, 7) is 6.03. The molecule has 1 heterocycles. The average Bonchev–Trinajstić information content (AvgIpc) is 2.76. The Morgan fingerprint density at radius 2 is 2.05 bits per heavy atom. The van der Waals surface area contributed by atoms with E-state index >= 15 is 0 Å². The number of rotatable bonds is 5. The van der Waals surface area contributed by atoms with E-state index in [2.05, 4.69) is 10.1 Å². The fraction of sp³-hybridized carbons (Fsp3) is 0.400. The van der Waals surface area contributed by atoms with E-state index in [-0.39, 0.29) is 12.2 Å². The third kappa shape index (κ3) is 3.50. The van der Waals surface area contributed by atoms with Crippen LogP contribution in [0.15, 0.2) is 28.8 Å². The number of hydrogen-bond donors (Lipinski definition) is 0. The fourth-order valence-electron chi connectivity index (χ4n) is 1.96. The molecule has 0 saturated carbocycles. The minimum atomic E-state index is 0.134. The molecule has 0 bridgehead atoms. The number of nitrogens with zero attached hydrogens (tertiary/aromatic N) is 2. The summed E-state index contributed by atoms with van der Waals surface area (Å²) in [5.74, 6) is 1.43. The Balaban J connectivity index is 2.12. The third-order valence-electron chi connectivity index (χ3n) is 2.84. The summed E-state index contributed by atoms with van der Waals surface area (Å²) in [5.41, 5.74) is 2.03. The average molecular weight is 258 g/mol. The topological polar surface area (TPSA) is 56.0 Å². The summed E-state index contributed by atoms with van der Waals surface area (Å²) >= 11 is 0. The van der Waals surface area contributed by atoms with Crippen LogP contribution in [-0.2, 0) is 11.2 Å². The van der Waals surface area contributed by atoms with E-state index in [4.69, 9.17) is 4.52 Å². The van der Waals surface area contributed by atoms with Crippen LogP contribution in [0, 0.1) is 12.8 Å². The van der Waals surface area contributed by atoms with Gasteiger partial charge < -0.3 is 4.52 Å². The van der Waals surface area contributed by atoms with Gasteiger partial charge in [0.1, 0.15) is 5.78 Å². The van der Waals surface area contributed by atoms with Crippen molar-refractivity contribution in [1.82, 2.24) is 10.1 Å². The predicted octanol–water partition coefficient (Wildman–Crippen LogP) is 3.20. The zero-order chi connectivity index (χ0) is 13.8. The Morgan fingerprint density at radius 3 is 2.74 bits per heavy atom. The lowest BCUT2D eigenvalue weighted by atomic mass is 10.1. The van der Waals surface area contributed by atoms with Crippen molar-refractivity contribution in [2.45, 2.75) is 33.6 Å². The van der Waals surface area contributed by atoms with E-state index in [9.17, 15) is 4.79 Å². The zero-order valence-corrected chi connectivity index (χ0v) is 11.5. The first kappa shape index (κ1) is 13.5. The highest BCUT2D eigenvalue weighted by Crippen LogP contribution is 2.20. The summed E-state index contributed by atoms with van der Waals surface area (Å²) in [6.07, 6.45) is 0.763. The lowest BCUT2D eigenvalue weighted by Crippen LogP contribution is -2.06. The standard InChI is InChI=1S/C15H18N2O2/c1-10(2)8-12(18)9-14-16-15(17-19-14)13-7-5-4-6-11(13)3/h4-7,10H,8-9H2,1-3H3. The van der Waals surface area contributed by atoms with Gasteiger partial charge in [0.25, 0.3) is 0 Å². The van der Waals surface area contributed by atoms with Gasteiger partial charge in [0.05, 0.1) is 6.42 Å². The van der Waals surface area contributed by atoms with Crippen LogP contribution in [0.3, 0.4) is 0 Å². The van der Waals surface area contributed by atoms with Crippen LogP contribution in [0.1, 0.15) is 31.7 Å². The number of aryl methyl sites for hydroxylation is 1. The SMILES string of the molecule is Cc1ccccc1-c1noc(CC(=O)CC(C)C)n1. The van der Waals surface area contributed by atoms with Crippen LogP contribution in [-0.4, -0.2) is 15.9 Å². The van der Waals surface area contributed by atoms with Crippen molar-refractivity contribution >= 4 is 5.78 Å². The number of carbonyl (C=O) groups excluding carboxylic acids is 1. The number of hydrogen-bond acceptors (Lipinski definition) is 4. The van der Waals surface area contributed by atoms with Crippen molar-refractivity contribution < 1.29 is 9.32 Å². The number of aromatic nitrogens is 2. The van der Waals surface area contributed by atoms with Crippen molar-refractivity contribution in [2.75, 3.05) is 0 Å². The molecule has 100 valence electrons. The van der Waals surface area contributed by atoms with Gasteiger partial charge in [-0.1, -0.05) is 43.3 Å². The Morgan fingerprint density at radius 1 is 1.32 bits per heavy atom. The summed E-state index contributed by atoms with van der Waals surface area (Å²) in [6, 6.07) is 7.84. The first-order valence-corrected chi connectivity index (χ1v) is 6.46. The molecule has 0 fully saturated rings. The number of benzene rings is 1. The molecule has 2 aromatic rings. The summed E-state index contributed by atoms with van der Waals surface area (Å²) in [5, 5.41) is 3.94. The van der Waals surface area contributed by atoms with E-state index in [1.165, 1.54) is 0 Å². The molecule has 0 atom stereocenters. The van der Waals surface area contributed by atoms with Gasteiger partial charge >= 0.3 is 0 Å². The molecule has 19 heavy (non-hydrogen) atoms. The van der Waals surface area contributed by atoms with Gasteiger partial charge in [0.2, 0.25) is 11.7 Å². The maximum absolute atomic E-state index is 11.7. The van der Waals surface area contributed by atoms with Crippen LogP contribution < -0.4 is 0 Å². The van der Waals surface area contributed by atoms with Crippen LogP contribution in [0.2, 0.25) is 0 Å². The van der Waals surface area contributed by atoms with Crippen molar-refractivity contribution in [3.63, 3.8) is 0 Å². The summed E-state index contributed by atoms with van der Waals surface area (Å²) < 4.78 is 5.14. The normalized spacial score (nSPS) is 10.9. The lowest BCUT2D eigenvalue weighted by molar-refractivity contribution is -0.119. The Kier molecular flexibility index (Phi) is 4.10. The maximum Gasteiger partial charge on any atom is 0.234 e. The maximum atomic E-state index is 11.7. The molecule has 0 unspecified atom stereocenters. The molecule has 0 N–H and O–H groups in total. The molecule has 0 amide bonds. The van der Waals surface area contributed by atoms with Gasteiger partial charge in [-0.05, 0) is 18.4 Å². The van der Waals surface area contributed by atoms with Gasteiger partial charge in [-0.2, -0.15) is 4.98 Å². The second kappa shape index (κ2) is 5.78. The molecule has 0 aliphatic rings. The summed E-state index contributed by atoms with van der Waals surface area (Å²) in [4.78, 5) is 16.0. The van der Waals surface area contributed by atoms with Gasteiger partial charge in [-0.25, -0.2) is 0 Å². The second-order valence-electron chi connectivity index (χ2n) is 5.14. The fourth-order valence-corrected chi connectivity index (χ4v) is 1.96. The predicted molar refractivity (Wildman–Crippen MR) is 72.6 cm³/mol. The number of ketones is 1. The smallest absolute Gasteiger partial charge is 0.234 e. The van der Waals surface area contributed by atoms with E-state index < -0.39 is 0 Å². The first-order valence-electron chi connectivity index (χ1n) is 6.46. The molecular formula is C15H18N2O2. The Labute approximate surface area is 112 Å². The van der Waals surface area contributed by atoms with Gasteiger partial charge in [0.15, 0.2) is 0 Å². The number of carbonyl (C=O) groups is 1. The van der Waals surface area contributed by atoms with Crippen LogP contribution in [0.5, 0.6) is 0 Å². The van der Waals surface area contributed by atoms with Crippen LogP contribution in [0.4, 0.5) is 0 Å². The van der Waals surface area contributed by atoms with Crippen molar-refractivity contribution in [1.29, 1.82) is 0 Å². The molecule has 0 aliphatic heterocycles. The van der Waals surface area contributed by atoms with Crippen LogP contribution in [0.25, 0.3) is 11.4 Å². The van der Waals surface area contributed by atoms with E-state index in [0.717, 1.165) is 11.1 Å². The highest BCUT2D eigenvalue weighted by atomic mass is 16.5. The van der Waals surface area contributed by atoms with E-state index in [1.54, 1.807) is 0 Å². The lowest BCUT2D eigenvalue weighted by Gasteiger charge is -2.00. The quantitative estimate of drug-likeness (QED) is 0.826. The molecule has 1 aromatic carbocycles. The number of Topliss-reactive ketones (excluding diaryl/α,β-unsaturated/α-hetero) is 1. The van der Waals surface area contributed by atoms with Gasteiger partial charge in [-0.15, -0.1) is 0 Å². The van der Waals surface area contributed by atoms with Crippen LogP contribution >= 0.6 is 0 Å². The highest BCUT2D eigenvalue weighted by Gasteiger charge is 2.14. The van der Waals surface area contributed by atoms with Crippen molar-refractivity contribution in [3.8, 4) is 11.4 Å². The molecule has 2 rings (SSSR count). The Hall–Kier alpha value is -1.97. The first-order chi connectivity index (χ1) is 9.06. The molecule has 0 spiro atoms. The van der Waals surface area contributed by atoms with E-state index in [0.29, 0.717) is 24.1 Å². The summed E-state index contributed by atoms with van der Waals surface area (Å²) in [7, 11) is 0. The van der Waals surface area contributed by atoms with E-state index in [1.807, 2.05) is 45.0 Å².